The molecule has 27 heavy (non-hydrogen) atoms. The van der Waals surface area contributed by atoms with E-state index in [-0.39, 0.29) is 11.8 Å². The van der Waals surface area contributed by atoms with Crippen LogP contribution in [0.4, 0.5) is 5.69 Å². The number of hydrogen-bond donors (Lipinski definition) is 1. The summed E-state index contributed by atoms with van der Waals surface area (Å²) in [5.41, 5.74) is 2.08. The predicted molar refractivity (Wildman–Crippen MR) is 107 cm³/mol. The topological polar surface area (TPSA) is 75.7 Å². The van der Waals surface area contributed by atoms with E-state index in [0.29, 0.717) is 43.2 Å². The first-order valence-electron chi connectivity index (χ1n) is 8.87. The molecule has 0 aromatic heterocycles. The number of nitrogens with zero attached hydrogens (tertiary/aromatic N) is 1. The molecule has 7 heteroatoms. The van der Waals surface area contributed by atoms with E-state index in [0.717, 1.165) is 22.9 Å². The molecule has 0 saturated heterocycles. The van der Waals surface area contributed by atoms with Gasteiger partial charge in [-0.15, -0.1) is 11.6 Å². The highest BCUT2D eigenvalue weighted by Crippen LogP contribution is 2.34. The van der Waals surface area contributed by atoms with Gasteiger partial charge in [-0.1, -0.05) is 19.1 Å². The molecular formula is C20H23ClN2O4. The van der Waals surface area contributed by atoms with Gasteiger partial charge in [-0.25, -0.2) is 0 Å². The molecule has 2 aromatic rings. The monoisotopic (exact) mass is 390 g/mol. The molecule has 0 fully saturated rings. The smallest absolute Gasteiger partial charge is 0.293 e. The maximum Gasteiger partial charge on any atom is 0.293 e. The first-order valence-corrected chi connectivity index (χ1v) is 9.41. The van der Waals surface area contributed by atoms with Crippen LogP contribution in [-0.4, -0.2) is 48.8 Å². The summed E-state index contributed by atoms with van der Waals surface area (Å²) in [6, 6.07) is 9.24. The van der Waals surface area contributed by atoms with Gasteiger partial charge in [-0.05, 0) is 31.5 Å². The third kappa shape index (κ3) is 4.39. The average Bonchev–Trinajstić information content (AvgIpc) is 2.69. The fourth-order valence-corrected chi connectivity index (χ4v) is 3.07. The molecule has 0 unspecified atom stereocenters. The molecule has 1 aliphatic heterocycles. The van der Waals surface area contributed by atoms with E-state index >= 15 is 0 Å². The Bertz CT molecular complexity index is 816. The number of benzene rings is 2. The van der Waals surface area contributed by atoms with Crippen molar-refractivity contribution in [2.75, 3.05) is 30.9 Å². The van der Waals surface area contributed by atoms with Gasteiger partial charge in [0, 0.05) is 46.6 Å². The Kier molecular flexibility index (Phi) is 7.61. The summed E-state index contributed by atoms with van der Waals surface area (Å²) in [6.45, 7) is 5.69. The Morgan fingerprint density at radius 1 is 1.11 bits per heavy atom. The average molecular weight is 391 g/mol. The lowest BCUT2D eigenvalue weighted by molar-refractivity contribution is -0.128. The van der Waals surface area contributed by atoms with E-state index < -0.39 is 0 Å². The van der Waals surface area contributed by atoms with Crippen molar-refractivity contribution in [3.05, 3.63) is 41.5 Å². The lowest BCUT2D eigenvalue weighted by Crippen LogP contribution is -2.40. The van der Waals surface area contributed by atoms with E-state index in [1.165, 1.54) is 4.90 Å². The molecule has 3 rings (SSSR count). The number of carbonyl (C=O) groups excluding carboxylic acids is 3. The number of imide groups is 1. The first-order chi connectivity index (χ1) is 13.1. The highest BCUT2D eigenvalue weighted by molar-refractivity contribution is 6.26. The van der Waals surface area contributed by atoms with Crippen molar-refractivity contribution in [3.8, 4) is 0 Å². The summed E-state index contributed by atoms with van der Waals surface area (Å²) in [5.74, 6) is 0.0734. The molecule has 144 valence electrons. The third-order valence-corrected chi connectivity index (χ3v) is 4.27. The highest BCUT2D eigenvalue weighted by Gasteiger charge is 2.32. The van der Waals surface area contributed by atoms with E-state index in [1.54, 1.807) is 19.1 Å². The largest absolute Gasteiger partial charge is 0.468 e. The molecule has 2 aromatic carbocycles. The van der Waals surface area contributed by atoms with Crippen molar-refractivity contribution in [1.29, 1.82) is 0 Å². The molecule has 0 bridgehead atoms. The zero-order valence-corrected chi connectivity index (χ0v) is 16.2. The molecule has 6 nitrogen and oxygen atoms in total. The lowest BCUT2D eigenvalue weighted by atomic mass is 9.93. The van der Waals surface area contributed by atoms with Crippen LogP contribution in [0.3, 0.4) is 0 Å². The predicted octanol–water partition coefficient (Wildman–Crippen LogP) is 3.68. The molecule has 0 atom stereocenters. The lowest BCUT2D eigenvalue weighted by Gasteiger charge is -2.27. The summed E-state index contributed by atoms with van der Waals surface area (Å²) in [6.07, 6.45) is 0.748. The van der Waals surface area contributed by atoms with Gasteiger partial charge in [0.05, 0.1) is 6.61 Å². The summed E-state index contributed by atoms with van der Waals surface area (Å²) >= 11 is 5.73. The number of amides is 2. The van der Waals surface area contributed by atoms with Gasteiger partial charge in [0.15, 0.2) is 0 Å². The van der Waals surface area contributed by atoms with Gasteiger partial charge in [-0.2, -0.15) is 0 Å². The molecule has 1 heterocycles. The maximum atomic E-state index is 12.6. The highest BCUT2D eigenvalue weighted by atomic mass is 35.5. The first kappa shape index (κ1) is 20.7. The zero-order valence-electron chi connectivity index (χ0n) is 15.5. The van der Waals surface area contributed by atoms with Gasteiger partial charge in [0.1, 0.15) is 0 Å². The Hall–Kier alpha value is -2.60. The van der Waals surface area contributed by atoms with Gasteiger partial charge in [0.25, 0.3) is 18.3 Å². The van der Waals surface area contributed by atoms with Gasteiger partial charge in [0.2, 0.25) is 0 Å². The fraction of sp³-hybridized carbons (Fsp3) is 0.350. The Balaban J connectivity index is 0.000000465. The third-order valence-electron chi connectivity index (χ3n) is 4.08. The summed E-state index contributed by atoms with van der Waals surface area (Å²) in [5, 5.41) is 4.87. The molecule has 1 aliphatic rings. The Morgan fingerprint density at radius 3 is 2.37 bits per heavy atom. The van der Waals surface area contributed by atoms with Gasteiger partial charge < -0.3 is 10.1 Å². The minimum Gasteiger partial charge on any atom is -0.468 e. The number of ether oxygens (including phenoxy) is 1. The van der Waals surface area contributed by atoms with Crippen LogP contribution in [0, 0.1) is 0 Å². The minimum absolute atomic E-state index is 0.209. The minimum atomic E-state index is -0.209. The van der Waals surface area contributed by atoms with Gasteiger partial charge in [-0.3, -0.25) is 19.3 Å². The van der Waals surface area contributed by atoms with Crippen LogP contribution in [0.25, 0.3) is 10.8 Å². The number of alkyl halides is 1. The van der Waals surface area contributed by atoms with Crippen molar-refractivity contribution in [1.82, 2.24) is 4.90 Å². The van der Waals surface area contributed by atoms with Crippen molar-refractivity contribution < 1.29 is 19.1 Å². The van der Waals surface area contributed by atoms with Crippen LogP contribution in [0.15, 0.2) is 30.3 Å². The van der Waals surface area contributed by atoms with Crippen LogP contribution in [-0.2, 0) is 9.53 Å². The number of halogens is 1. The number of rotatable bonds is 7. The normalized spacial score (nSPS) is 12.5. The van der Waals surface area contributed by atoms with Crippen LogP contribution < -0.4 is 5.32 Å². The fourth-order valence-electron chi connectivity index (χ4n) is 2.98. The maximum absolute atomic E-state index is 12.6. The molecule has 0 aliphatic carbocycles. The molecule has 2 amide bonds. The zero-order chi connectivity index (χ0) is 19.8. The van der Waals surface area contributed by atoms with Crippen molar-refractivity contribution in [3.63, 3.8) is 0 Å². The summed E-state index contributed by atoms with van der Waals surface area (Å²) in [7, 11) is 0. The molecule has 1 N–H and O–H groups in total. The Morgan fingerprint density at radius 2 is 1.81 bits per heavy atom. The van der Waals surface area contributed by atoms with Crippen LogP contribution >= 0.6 is 11.6 Å². The second kappa shape index (κ2) is 9.92. The number of nitrogens with one attached hydrogen (secondary N) is 1. The number of carbonyl (C=O) groups is 3. The van der Waals surface area contributed by atoms with E-state index in [1.807, 2.05) is 25.1 Å². The molecule has 0 saturated carbocycles. The van der Waals surface area contributed by atoms with Crippen molar-refractivity contribution >= 4 is 46.3 Å². The number of hydrogen-bond acceptors (Lipinski definition) is 5. The van der Waals surface area contributed by atoms with Crippen LogP contribution in [0.1, 0.15) is 41.0 Å². The standard InChI is InChI=1S/C17H17ClN2O2.C3H6O2/c1-2-10-20-16(21)12-5-3-4-11-14(19-9-8-18)7-6-13(15(11)12)17(20)22;1-2-5-3-4/h3-7,19H,2,8-10H2,1H3;3H,2H2,1H3. The van der Waals surface area contributed by atoms with E-state index in [9.17, 15) is 14.4 Å². The SMILES string of the molecule is CCCN1C(=O)c2cccc3c(NCCCl)ccc(c23)C1=O.CCOC=O. The number of anilines is 1. The van der Waals surface area contributed by atoms with E-state index in [2.05, 4.69) is 10.1 Å². The quantitative estimate of drug-likeness (QED) is 0.443. The van der Waals surface area contributed by atoms with Crippen molar-refractivity contribution in [2.45, 2.75) is 20.3 Å². The summed E-state index contributed by atoms with van der Waals surface area (Å²) in [4.78, 5) is 35.7. The van der Waals surface area contributed by atoms with Crippen LogP contribution in [0.2, 0.25) is 0 Å². The second-order valence-electron chi connectivity index (χ2n) is 5.82. The van der Waals surface area contributed by atoms with Crippen molar-refractivity contribution in [2.24, 2.45) is 0 Å². The summed E-state index contributed by atoms with van der Waals surface area (Å²) < 4.78 is 4.15. The molecule has 0 spiro atoms. The van der Waals surface area contributed by atoms with Crippen LogP contribution in [0.5, 0.6) is 0 Å². The molecular weight excluding hydrogens is 368 g/mol. The van der Waals surface area contributed by atoms with Gasteiger partial charge >= 0.3 is 0 Å². The second-order valence-corrected chi connectivity index (χ2v) is 6.20. The Labute approximate surface area is 163 Å². The van der Waals surface area contributed by atoms with E-state index in [4.69, 9.17) is 11.6 Å². The molecule has 0 radical (unpaired) electrons.